The lowest BCUT2D eigenvalue weighted by atomic mass is 10.2. The third-order valence-corrected chi connectivity index (χ3v) is 3.79. The van der Waals surface area contributed by atoms with Crippen molar-refractivity contribution in [3.05, 3.63) is 11.2 Å². The fourth-order valence-electron chi connectivity index (χ4n) is 2.14. The van der Waals surface area contributed by atoms with Gasteiger partial charge in [-0.2, -0.15) is 0 Å². The van der Waals surface area contributed by atoms with Crippen molar-refractivity contribution in [3.63, 3.8) is 0 Å². The molecule has 0 aliphatic carbocycles. The van der Waals surface area contributed by atoms with Crippen molar-refractivity contribution in [2.75, 3.05) is 24.7 Å². The van der Waals surface area contributed by atoms with Gasteiger partial charge in [0.15, 0.2) is 5.16 Å². The average molecular weight is 345 g/mol. The Hall–Kier alpha value is -1.21. The molecule has 1 N–H and O–H groups in total. The smallest absolute Gasteiger partial charge is 0.410 e. The number of carbonyl (C=O) groups excluding carboxylic acids is 1. The molecule has 8 heteroatoms. The molecule has 0 spiro atoms. The van der Waals surface area contributed by atoms with Gasteiger partial charge in [0.1, 0.15) is 16.6 Å². The summed E-state index contributed by atoms with van der Waals surface area (Å²) in [6.07, 6.45) is 2.47. The maximum Gasteiger partial charge on any atom is 0.410 e. The van der Waals surface area contributed by atoms with Crippen LogP contribution in [0.15, 0.2) is 11.2 Å². The lowest BCUT2D eigenvalue weighted by Crippen LogP contribution is -2.36. The summed E-state index contributed by atoms with van der Waals surface area (Å²) in [5.74, 6) is 0.681. The number of carbonyl (C=O) groups is 1. The van der Waals surface area contributed by atoms with Gasteiger partial charge in [0.2, 0.25) is 0 Å². The number of aromatic nitrogens is 2. The highest BCUT2D eigenvalue weighted by atomic mass is 35.5. The second-order valence-corrected chi connectivity index (χ2v) is 7.28. The number of likely N-dealkylation sites (tertiary alicyclic amines) is 1. The van der Waals surface area contributed by atoms with Crippen LogP contribution in [-0.4, -0.2) is 51.9 Å². The number of nitrogens with one attached hydrogen (secondary N) is 1. The van der Waals surface area contributed by atoms with Crippen LogP contribution in [0.1, 0.15) is 27.2 Å². The first kappa shape index (κ1) is 17.1. The van der Waals surface area contributed by atoms with Gasteiger partial charge in [0.05, 0.1) is 0 Å². The number of hydrogen-bond acceptors (Lipinski definition) is 6. The van der Waals surface area contributed by atoms with E-state index in [1.54, 1.807) is 11.0 Å². The van der Waals surface area contributed by atoms with Crippen molar-refractivity contribution in [2.24, 2.45) is 0 Å². The van der Waals surface area contributed by atoms with Crippen LogP contribution < -0.4 is 5.32 Å². The summed E-state index contributed by atoms with van der Waals surface area (Å²) in [6, 6.07) is 1.82. The molecule has 122 valence electrons. The molecule has 1 fully saturated rings. The Balaban J connectivity index is 1.94. The molecule has 6 nitrogen and oxygen atoms in total. The molecule has 2 heterocycles. The molecule has 0 unspecified atom stereocenters. The number of thioether (sulfide) groups is 1. The molecule has 1 atom stereocenters. The number of anilines is 1. The normalized spacial score (nSPS) is 18.4. The number of amides is 1. The van der Waals surface area contributed by atoms with Crippen molar-refractivity contribution >= 4 is 35.3 Å². The van der Waals surface area contributed by atoms with E-state index in [0.29, 0.717) is 29.2 Å². The van der Waals surface area contributed by atoms with Crippen LogP contribution in [0, 0.1) is 0 Å². The highest BCUT2D eigenvalue weighted by Gasteiger charge is 2.29. The fourth-order valence-corrected chi connectivity index (χ4v) is 2.75. The lowest BCUT2D eigenvalue weighted by Gasteiger charge is -2.24. The predicted molar refractivity (Wildman–Crippen MR) is 88.7 cm³/mol. The first-order valence-electron chi connectivity index (χ1n) is 7.10. The van der Waals surface area contributed by atoms with Crippen LogP contribution in [0.5, 0.6) is 0 Å². The zero-order valence-electron chi connectivity index (χ0n) is 13.2. The second-order valence-electron chi connectivity index (χ2n) is 6.12. The summed E-state index contributed by atoms with van der Waals surface area (Å²) in [4.78, 5) is 22.2. The van der Waals surface area contributed by atoms with Crippen LogP contribution in [0.2, 0.25) is 5.15 Å². The largest absolute Gasteiger partial charge is 0.444 e. The van der Waals surface area contributed by atoms with Gasteiger partial charge < -0.3 is 15.0 Å². The first-order chi connectivity index (χ1) is 10.3. The van der Waals surface area contributed by atoms with E-state index in [1.807, 2.05) is 27.0 Å². The van der Waals surface area contributed by atoms with Crippen molar-refractivity contribution in [3.8, 4) is 0 Å². The minimum atomic E-state index is -0.476. The SMILES string of the molecule is CSc1nc(Cl)cc(N[C@@H]2CCN(C(=O)OC(C)(C)C)C2)n1. The van der Waals surface area contributed by atoms with E-state index >= 15 is 0 Å². The van der Waals surface area contributed by atoms with E-state index in [9.17, 15) is 4.79 Å². The highest BCUT2D eigenvalue weighted by molar-refractivity contribution is 7.98. The summed E-state index contributed by atoms with van der Waals surface area (Å²) in [7, 11) is 0. The van der Waals surface area contributed by atoms with E-state index < -0.39 is 5.60 Å². The standard InChI is InChI=1S/C14H21ClN4O2S/c1-14(2,3)21-13(20)19-6-5-9(8-19)16-11-7-10(15)17-12(18-11)22-4/h7,9H,5-6,8H2,1-4H3,(H,16,17,18)/t9-/m1/s1. The van der Waals surface area contributed by atoms with Gasteiger partial charge in [-0.3, -0.25) is 0 Å². The number of nitrogens with zero attached hydrogens (tertiary/aromatic N) is 3. The predicted octanol–water partition coefficient (Wildman–Crippen LogP) is 3.27. The summed E-state index contributed by atoms with van der Waals surface area (Å²) >= 11 is 7.41. The van der Waals surface area contributed by atoms with Crippen molar-refractivity contribution < 1.29 is 9.53 Å². The molecule has 0 aromatic carbocycles. The molecule has 2 rings (SSSR count). The number of ether oxygens (including phenoxy) is 1. The lowest BCUT2D eigenvalue weighted by molar-refractivity contribution is 0.0293. The van der Waals surface area contributed by atoms with E-state index in [2.05, 4.69) is 15.3 Å². The van der Waals surface area contributed by atoms with Gasteiger partial charge in [0, 0.05) is 25.2 Å². The third kappa shape index (κ3) is 4.91. The maximum atomic E-state index is 12.0. The summed E-state index contributed by atoms with van der Waals surface area (Å²) in [6.45, 7) is 6.85. The van der Waals surface area contributed by atoms with Gasteiger partial charge in [0.25, 0.3) is 0 Å². The minimum Gasteiger partial charge on any atom is -0.444 e. The van der Waals surface area contributed by atoms with E-state index in [1.165, 1.54) is 11.8 Å². The van der Waals surface area contributed by atoms with Crippen LogP contribution in [0.3, 0.4) is 0 Å². The van der Waals surface area contributed by atoms with E-state index in [-0.39, 0.29) is 12.1 Å². The minimum absolute atomic E-state index is 0.133. The Labute approximate surface area is 140 Å². The zero-order chi connectivity index (χ0) is 16.3. The van der Waals surface area contributed by atoms with Crippen molar-refractivity contribution in [1.29, 1.82) is 0 Å². The number of hydrogen-bond donors (Lipinski definition) is 1. The van der Waals surface area contributed by atoms with Gasteiger partial charge in [-0.1, -0.05) is 23.4 Å². The van der Waals surface area contributed by atoms with Gasteiger partial charge in [-0.15, -0.1) is 0 Å². The zero-order valence-corrected chi connectivity index (χ0v) is 14.8. The second kappa shape index (κ2) is 6.91. The Morgan fingerprint density at radius 3 is 2.86 bits per heavy atom. The monoisotopic (exact) mass is 344 g/mol. The Morgan fingerprint density at radius 2 is 2.23 bits per heavy atom. The number of halogens is 1. The van der Waals surface area contributed by atoms with E-state index in [0.717, 1.165) is 6.42 Å². The topological polar surface area (TPSA) is 67.4 Å². The molecule has 0 radical (unpaired) electrons. The molecule has 1 aromatic rings. The number of rotatable bonds is 3. The Morgan fingerprint density at radius 1 is 1.50 bits per heavy atom. The van der Waals surface area contributed by atoms with Gasteiger partial charge >= 0.3 is 6.09 Å². The molecule has 0 saturated carbocycles. The van der Waals surface area contributed by atoms with Crippen LogP contribution in [0.4, 0.5) is 10.6 Å². The molecule has 0 bridgehead atoms. The summed E-state index contributed by atoms with van der Waals surface area (Å²) in [5.41, 5.74) is -0.476. The Bertz CT molecular complexity index is 550. The van der Waals surface area contributed by atoms with Crippen molar-refractivity contribution in [1.82, 2.24) is 14.9 Å². The van der Waals surface area contributed by atoms with Crippen LogP contribution in [0.25, 0.3) is 0 Å². The molecule has 1 aliphatic rings. The van der Waals surface area contributed by atoms with Crippen molar-refractivity contribution in [2.45, 2.75) is 44.0 Å². The third-order valence-electron chi connectivity index (χ3n) is 3.05. The van der Waals surface area contributed by atoms with Crippen LogP contribution in [-0.2, 0) is 4.74 Å². The fraction of sp³-hybridized carbons (Fsp3) is 0.643. The molecule has 1 aromatic heterocycles. The average Bonchev–Trinajstić information content (AvgIpc) is 2.84. The molecule has 1 amide bonds. The quantitative estimate of drug-likeness (QED) is 0.515. The summed E-state index contributed by atoms with van der Waals surface area (Å²) < 4.78 is 5.38. The molecule has 22 heavy (non-hydrogen) atoms. The Kier molecular flexibility index (Phi) is 5.39. The highest BCUT2D eigenvalue weighted by Crippen LogP contribution is 2.21. The first-order valence-corrected chi connectivity index (χ1v) is 8.70. The molecular weight excluding hydrogens is 324 g/mol. The van der Waals surface area contributed by atoms with Crippen LogP contribution >= 0.6 is 23.4 Å². The molecule has 1 saturated heterocycles. The van der Waals surface area contributed by atoms with Gasteiger partial charge in [-0.05, 0) is 33.4 Å². The maximum absolute atomic E-state index is 12.0. The molecular formula is C14H21ClN4O2S. The van der Waals surface area contributed by atoms with E-state index in [4.69, 9.17) is 16.3 Å². The molecule has 1 aliphatic heterocycles. The summed E-state index contributed by atoms with van der Waals surface area (Å²) in [5, 5.41) is 4.33. The van der Waals surface area contributed by atoms with Gasteiger partial charge in [-0.25, -0.2) is 14.8 Å².